The minimum atomic E-state index is -0.877. The summed E-state index contributed by atoms with van der Waals surface area (Å²) in [6, 6.07) is 0. The first-order valence-corrected chi connectivity index (χ1v) is 6.37. The number of amides is 1. The average Bonchev–Trinajstić information content (AvgIpc) is 2.87. The molecule has 2 rings (SSSR count). The molecule has 1 aliphatic carbocycles. The van der Waals surface area contributed by atoms with E-state index in [1.807, 2.05) is 0 Å². The number of nitrogens with zero attached hydrogens (tertiary/aromatic N) is 1. The van der Waals surface area contributed by atoms with Gasteiger partial charge >= 0.3 is 5.97 Å². The van der Waals surface area contributed by atoms with E-state index in [0.717, 1.165) is 6.42 Å². The Bertz CT molecular complexity index is 332. The van der Waals surface area contributed by atoms with Crippen LogP contribution in [0.15, 0.2) is 0 Å². The van der Waals surface area contributed by atoms with Crippen LogP contribution in [0.25, 0.3) is 0 Å². The van der Waals surface area contributed by atoms with E-state index in [9.17, 15) is 9.59 Å². The van der Waals surface area contributed by atoms with Crippen LogP contribution >= 0.6 is 0 Å². The van der Waals surface area contributed by atoms with Crippen LogP contribution < -0.4 is 0 Å². The molecule has 0 aromatic rings. The maximum absolute atomic E-state index is 12.3. The van der Waals surface area contributed by atoms with E-state index >= 15 is 0 Å². The van der Waals surface area contributed by atoms with Gasteiger partial charge in [0.1, 0.15) is 0 Å². The van der Waals surface area contributed by atoms with Crippen LogP contribution in [0.4, 0.5) is 0 Å². The van der Waals surface area contributed by atoms with E-state index in [1.165, 1.54) is 0 Å². The number of rotatable bonds is 3. The van der Waals surface area contributed by atoms with E-state index in [4.69, 9.17) is 14.9 Å². The van der Waals surface area contributed by atoms with Gasteiger partial charge in [-0.3, -0.25) is 9.59 Å². The Kier molecular flexibility index (Phi) is 4.19. The first-order chi connectivity index (χ1) is 8.63. The monoisotopic (exact) mass is 257 g/mol. The predicted octanol–water partition coefficient (Wildman–Crippen LogP) is -0.293. The Morgan fingerprint density at radius 3 is 2.67 bits per heavy atom. The van der Waals surface area contributed by atoms with E-state index in [0.29, 0.717) is 32.5 Å². The maximum atomic E-state index is 12.3. The van der Waals surface area contributed by atoms with Crippen LogP contribution in [0.2, 0.25) is 0 Å². The Labute approximate surface area is 106 Å². The molecule has 2 aliphatic rings. The zero-order valence-corrected chi connectivity index (χ0v) is 10.2. The molecule has 1 saturated heterocycles. The molecule has 1 amide bonds. The highest BCUT2D eigenvalue weighted by molar-refractivity contribution is 5.85. The van der Waals surface area contributed by atoms with Gasteiger partial charge in [-0.1, -0.05) is 6.42 Å². The highest BCUT2D eigenvalue weighted by Crippen LogP contribution is 2.33. The van der Waals surface area contributed by atoms with Crippen molar-refractivity contribution in [2.45, 2.75) is 25.4 Å². The third-order valence-corrected chi connectivity index (χ3v) is 3.80. The number of carbonyl (C=O) groups excluding carboxylic acids is 1. The molecule has 1 saturated carbocycles. The first-order valence-electron chi connectivity index (χ1n) is 6.37. The lowest BCUT2D eigenvalue weighted by Gasteiger charge is -2.34. The van der Waals surface area contributed by atoms with Crippen LogP contribution in [0, 0.1) is 11.8 Å². The third-order valence-electron chi connectivity index (χ3n) is 3.80. The number of carboxylic acid groups (broad SMARTS) is 1. The molecule has 0 aromatic heterocycles. The highest BCUT2D eigenvalue weighted by Gasteiger charge is 2.40. The lowest BCUT2D eigenvalue weighted by Crippen LogP contribution is -2.49. The van der Waals surface area contributed by atoms with E-state index in [1.54, 1.807) is 4.90 Å². The Hall–Kier alpha value is -1.14. The molecule has 6 nitrogen and oxygen atoms in total. The van der Waals surface area contributed by atoms with Gasteiger partial charge < -0.3 is 19.8 Å². The standard InChI is InChI=1S/C12H19NO5/c14-7-8-6-13(4-5-18-8)11(15)9-2-1-3-10(9)12(16)17/h8-10,14H,1-7H2,(H,16,17)/t8?,9-,10+/m1/s1. The minimum Gasteiger partial charge on any atom is -0.481 e. The van der Waals surface area contributed by atoms with Crippen molar-refractivity contribution in [2.75, 3.05) is 26.3 Å². The third kappa shape index (κ3) is 2.64. The fraction of sp³-hybridized carbons (Fsp3) is 0.833. The van der Waals surface area contributed by atoms with Crippen molar-refractivity contribution >= 4 is 11.9 Å². The molecule has 2 N–H and O–H groups in total. The van der Waals surface area contributed by atoms with Gasteiger partial charge in [0.25, 0.3) is 0 Å². The summed E-state index contributed by atoms with van der Waals surface area (Å²) in [7, 11) is 0. The summed E-state index contributed by atoms with van der Waals surface area (Å²) in [5.41, 5.74) is 0. The van der Waals surface area contributed by atoms with Gasteiger partial charge in [-0.25, -0.2) is 0 Å². The van der Waals surface area contributed by atoms with Crippen molar-refractivity contribution < 1.29 is 24.5 Å². The summed E-state index contributed by atoms with van der Waals surface area (Å²) < 4.78 is 5.28. The number of hydrogen-bond acceptors (Lipinski definition) is 4. The summed E-state index contributed by atoms with van der Waals surface area (Å²) in [6.45, 7) is 1.13. The zero-order chi connectivity index (χ0) is 13.1. The van der Waals surface area contributed by atoms with Crippen molar-refractivity contribution in [3.8, 4) is 0 Å². The van der Waals surface area contributed by atoms with E-state index < -0.39 is 17.8 Å². The summed E-state index contributed by atoms with van der Waals surface area (Å²) in [6.07, 6.45) is 1.69. The molecule has 2 fully saturated rings. The number of carboxylic acids is 1. The van der Waals surface area contributed by atoms with Gasteiger partial charge in [-0.15, -0.1) is 0 Å². The Morgan fingerprint density at radius 2 is 2.00 bits per heavy atom. The molecule has 0 spiro atoms. The lowest BCUT2D eigenvalue weighted by atomic mass is 9.94. The Balaban J connectivity index is 1.99. The molecule has 102 valence electrons. The maximum Gasteiger partial charge on any atom is 0.307 e. The summed E-state index contributed by atoms with van der Waals surface area (Å²) >= 11 is 0. The second-order valence-corrected chi connectivity index (χ2v) is 4.94. The number of aliphatic hydroxyl groups is 1. The molecule has 3 atom stereocenters. The topological polar surface area (TPSA) is 87.1 Å². The molecular formula is C12H19NO5. The molecule has 1 unspecified atom stereocenters. The normalized spacial score (nSPS) is 32.5. The number of hydrogen-bond donors (Lipinski definition) is 2. The van der Waals surface area contributed by atoms with Crippen molar-refractivity contribution in [1.29, 1.82) is 0 Å². The number of carbonyl (C=O) groups is 2. The summed E-state index contributed by atoms with van der Waals surface area (Å²) in [5.74, 6) is -1.92. The van der Waals surface area contributed by atoms with Gasteiger partial charge in [0.15, 0.2) is 0 Å². The van der Waals surface area contributed by atoms with Crippen molar-refractivity contribution in [2.24, 2.45) is 11.8 Å². The molecule has 1 heterocycles. The average molecular weight is 257 g/mol. The van der Waals surface area contributed by atoms with Crippen molar-refractivity contribution in [3.05, 3.63) is 0 Å². The van der Waals surface area contributed by atoms with Gasteiger partial charge in [0.2, 0.25) is 5.91 Å². The van der Waals surface area contributed by atoms with Gasteiger partial charge in [-0.05, 0) is 12.8 Å². The minimum absolute atomic E-state index is 0.0957. The van der Waals surface area contributed by atoms with E-state index in [2.05, 4.69) is 0 Å². The van der Waals surface area contributed by atoms with Crippen LogP contribution in [-0.2, 0) is 14.3 Å². The number of ether oxygens (including phenoxy) is 1. The van der Waals surface area contributed by atoms with Crippen molar-refractivity contribution in [1.82, 2.24) is 4.90 Å². The molecule has 6 heteroatoms. The number of morpholine rings is 1. The molecule has 0 radical (unpaired) electrons. The molecule has 0 bridgehead atoms. The largest absolute Gasteiger partial charge is 0.481 e. The van der Waals surface area contributed by atoms with Gasteiger partial charge in [-0.2, -0.15) is 0 Å². The van der Waals surface area contributed by atoms with Gasteiger partial charge in [0.05, 0.1) is 31.2 Å². The molecule has 0 aromatic carbocycles. The van der Waals surface area contributed by atoms with Crippen LogP contribution in [0.5, 0.6) is 0 Å². The second kappa shape index (κ2) is 5.67. The van der Waals surface area contributed by atoms with Gasteiger partial charge in [0, 0.05) is 13.1 Å². The van der Waals surface area contributed by atoms with E-state index in [-0.39, 0.29) is 18.6 Å². The molecule has 1 aliphatic heterocycles. The SMILES string of the molecule is O=C(O)[C@H]1CCC[C@H]1C(=O)N1CCOC(CO)C1. The van der Waals surface area contributed by atoms with Crippen LogP contribution in [0.3, 0.4) is 0 Å². The smallest absolute Gasteiger partial charge is 0.307 e. The second-order valence-electron chi connectivity index (χ2n) is 4.94. The zero-order valence-electron chi connectivity index (χ0n) is 10.2. The summed E-state index contributed by atoms with van der Waals surface area (Å²) in [4.78, 5) is 25.0. The number of aliphatic carboxylic acids is 1. The molecular weight excluding hydrogens is 238 g/mol. The summed E-state index contributed by atoms with van der Waals surface area (Å²) in [5, 5.41) is 18.1. The first kappa shape index (κ1) is 13.3. The Morgan fingerprint density at radius 1 is 1.28 bits per heavy atom. The predicted molar refractivity (Wildman–Crippen MR) is 61.9 cm³/mol. The van der Waals surface area contributed by atoms with Crippen LogP contribution in [-0.4, -0.2) is 59.4 Å². The van der Waals surface area contributed by atoms with Crippen molar-refractivity contribution in [3.63, 3.8) is 0 Å². The fourth-order valence-electron chi connectivity index (χ4n) is 2.82. The highest BCUT2D eigenvalue weighted by atomic mass is 16.5. The lowest BCUT2D eigenvalue weighted by molar-refractivity contribution is -0.153. The fourth-order valence-corrected chi connectivity index (χ4v) is 2.82. The molecule has 18 heavy (non-hydrogen) atoms. The number of aliphatic hydroxyl groups excluding tert-OH is 1. The van der Waals surface area contributed by atoms with Crippen LogP contribution in [0.1, 0.15) is 19.3 Å². The quantitative estimate of drug-likeness (QED) is 0.725.